The highest BCUT2D eigenvalue weighted by Crippen LogP contribution is 2.28. The second kappa shape index (κ2) is 15.0. The predicted molar refractivity (Wildman–Crippen MR) is 166 cm³/mol. The molecule has 4 rings (SSSR count). The van der Waals surface area contributed by atoms with E-state index in [4.69, 9.17) is 9.57 Å². The SMILES string of the molecule is CC(C)(C)OC(=O)N1CCC[C@@H](CNC(=O)C[C@H](NS(=O)(=O)c2ccc3ccccc3c2)C(=O)NCC(=O)NOCC2CC2)C1. The van der Waals surface area contributed by atoms with Gasteiger partial charge in [0, 0.05) is 19.6 Å². The molecule has 1 aliphatic carbocycles. The van der Waals surface area contributed by atoms with Crippen molar-refractivity contribution in [2.75, 3.05) is 32.8 Å². The Hall–Kier alpha value is -3.75. The molecule has 246 valence electrons. The van der Waals surface area contributed by atoms with Crippen LogP contribution in [0.3, 0.4) is 0 Å². The molecule has 0 bridgehead atoms. The highest BCUT2D eigenvalue weighted by atomic mass is 32.2. The fourth-order valence-electron chi connectivity index (χ4n) is 4.87. The molecule has 13 nitrogen and oxygen atoms in total. The van der Waals surface area contributed by atoms with Crippen molar-refractivity contribution < 1.29 is 37.2 Å². The summed E-state index contributed by atoms with van der Waals surface area (Å²) in [6, 6.07) is 10.3. The van der Waals surface area contributed by atoms with Gasteiger partial charge in [-0.2, -0.15) is 4.72 Å². The van der Waals surface area contributed by atoms with Crippen LogP contribution in [0.1, 0.15) is 52.9 Å². The van der Waals surface area contributed by atoms with Crippen molar-refractivity contribution in [3.63, 3.8) is 0 Å². The van der Waals surface area contributed by atoms with Crippen LogP contribution in [-0.4, -0.2) is 81.6 Å². The third-order valence-corrected chi connectivity index (χ3v) is 8.89. The highest BCUT2D eigenvalue weighted by Gasteiger charge is 2.31. The zero-order chi connectivity index (χ0) is 32.6. The normalized spacial score (nSPS) is 17.8. The second-order valence-corrected chi connectivity index (χ2v) is 14.3. The smallest absolute Gasteiger partial charge is 0.410 e. The third kappa shape index (κ3) is 11.0. The first-order valence-corrected chi connectivity index (χ1v) is 16.7. The average Bonchev–Trinajstić information content (AvgIpc) is 3.82. The molecule has 45 heavy (non-hydrogen) atoms. The number of nitrogens with one attached hydrogen (secondary N) is 4. The van der Waals surface area contributed by atoms with E-state index in [0.717, 1.165) is 31.1 Å². The molecule has 1 saturated heterocycles. The Balaban J connectivity index is 1.37. The van der Waals surface area contributed by atoms with Gasteiger partial charge in [-0.3, -0.25) is 19.2 Å². The van der Waals surface area contributed by atoms with Crippen LogP contribution in [0.4, 0.5) is 4.79 Å². The summed E-state index contributed by atoms with van der Waals surface area (Å²) >= 11 is 0. The quantitative estimate of drug-likeness (QED) is 0.240. The number of likely N-dealkylation sites (tertiary alicyclic amines) is 1. The maximum atomic E-state index is 13.4. The fourth-order valence-corrected chi connectivity index (χ4v) is 6.10. The Labute approximate surface area is 263 Å². The standard InChI is InChI=1S/C31H43N5O8S/c1-31(2,3)44-30(40)36-14-6-7-22(19-36)17-32-27(37)16-26(29(39)33-18-28(38)34-43-20-21-10-11-21)35-45(41,42)25-13-12-23-8-4-5-9-24(23)15-25/h4-5,8-9,12-13,15,21-22,26,35H,6-7,10-11,14,16-20H2,1-3H3,(H,32,37)(H,33,39)(H,34,38)/t22-,26-/m0/s1. The number of piperidine rings is 1. The van der Waals surface area contributed by atoms with Crippen molar-refractivity contribution in [3.8, 4) is 0 Å². The van der Waals surface area contributed by atoms with Gasteiger partial charge in [-0.05, 0) is 81.2 Å². The van der Waals surface area contributed by atoms with Crippen molar-refractivity contribution in [2.24, 2.45) is 11.8 Å². The van der Waals surface area contributed by atoms with E-state index in [1.807, 2.05) is 12.1 Å². The van der Waals surface area contributed by atoms with E-state index in [1.54, 1.807) is 43.9 Å². The van der Waals surface area contributed by atoms with E-state index in [1.165, 1.54) is 12.1 Å². The van der Waals surface area contributed by atoms with Gasteiger partial charge in [0.2, 0.25) is 21.8 Å². The van der Waals surface area contributed by atoms with Crippen LogP contribution in [0, 0.1) is 11.8 Å². The summed E-state index contributed by atoms with van der Waals surface area (Å²) in [7, 11) is -4.24. The molecular weight excluding hydrogens is 602 g/mol. The second-order valence-electron chi connectivity index (χ2n) is 12.6. The fraction of sp³-hybridized carbons (Fsp3) is 0.548. The first-order chi connectivity index (χ1) is 21.3. The zero-order valence-electron chi connectivity index (χ0n) is 26.0. The Bertz CT molecular complexity index is 1490. The summed E-state index contributed by atoms with van der Waals surface area (Å²) in [4.78, 5) is 57.5. The minimum absolute atomic E-state index is 0.0453. The summed E-state index contributed by atoms with van der Waals surface area (Å²) in [6.45, 7) is 6.47. The van der Waals surface area contributed by atoms with Gasteiger partial charge in [0.1, 0.15) is 11.6 Å². The molecule has 4 amide bonds. The van der Waals surface area contributed by atoms with Crippen molar-refractivity contribution in [1.82, 2.24) is 25.7 Å². The maximum absolute atomic E-state index is 13.4. The molecule has 0 unspecified atom stereocenters. The minimum atomic E-state index is -4.24. The molecule has 0 radical (unpaired) electrons. The number of carbonyl (C=O) groups excluding carboxylic acids is 4. The number of carbonyl (C=O) groups is 4. The van der Waals surface area contributed by atoms with Crippen LogP contribution >= 0.6 is 0 Å². The van der Waals surface area contributed by atoms with Gasteiger partial charge in [-0.1, -0.05) is 30.3 Å². The molecule has 2 atom stereocenters. The lowest BCUT2D eigenvalue weighted by molar-refractivity contribution is -0.135. The predicted octanol–water partition coefficient (Wildman–Crippen LogP) is 2.21. The van der Waals surface area contributed by atoms with Gasteiger partial charge >= 0.3 is 6.09 Å². The first kappa shape index (κ1) is 34.1. The van der Waals surface area contributed by atoms with Gasteiger partial charge in [0.05, 0.1) is 24.5 Å². The first-order valence-electron chi connectivity index (χ1n) is 15.2. The molecule has 4 N–H and O–H groups in total. The Kier molecular flexibility index (Phi) is 11.4. The zero-order valence-corrected chi connectivity index (χ0v) is 26.8. The topological polar surface area (TPSA) is 172 Å². The summed E-state index contributed by atoms with van der Waals surface area (Å²) in [5.41, 5.74) is 1.63. The number of benzene rings is 2. The number of nitrogens with zero attached hydrogens (tertiary/aromatic N) is 1. The molecule has 14 heteroatoms. The van der Waals surface area contributed by atoms with Gasteiger partial charge in [0.15, 0.2) is 0 Å². The molecule has 2 aromatic rings. The van der Waals surface area contributed by atoms with Crippen molar-refractivity contribution >= 4 is 44.6 Å². The minimum Gasteiger partial charge on any atom is -0.444 e. The van der Waals surface area contributed by atoms with Gasteiger partial charge in [-0.15, -0.1) is 0 Å². The number of rotatable bonds is 13. The van der Waals surface area contributed by atoms with Crippen LogP contribution < -0.4 is 20.8 Å². The van der Waals surface area contributed by atoms with Gasteiger partial charge in [-0.25, -0.2) is 18.7 Å². The number of hydrogen-bond acceptors (Lipinski definition) is 8. The van der Waals surface area contributed by atoms with E-state index in [9.17, 15) is 27.6 Å². The molecule has 2 fully saturated rings. The highest BCUT2D eigenvalue weighted by molar-refractivity contribution is 7.89. The van der Waals surface area contributed by atoms with Crippen molar-refractivity contribution in [3.05, 3.63) is 42.5 Å². The Morgan fingerprint density at radius 3 is 2.40 bits per heavy atom. The van der Waals surface area contributed by atoms with Crippen LogP contribution in [0.2, 0.25) is 0 Å². The van der Waals surface area contributed by atoms with E-state index in [2.05, 4.69) is 20.8 Å². The van der Waals surface area contributed by atoms with Crippen LogP contribution in [0.15, 0.2) is 47.4 Å². The largest absolute Gasteiger partial charge is 0.444 e. The molecule has 2 aromatic carbocycles. The number of sulfonamides is 1. The van der Waals surface area contributed by atoms with E-state index in [0.29, 0.717) is 31.0 Å². The molecule has 0 spiro atoms. The molecule has 1 saturated carbocycles. The lowest BCUT2D eigenvalue weighted by Crippen LogP contribution is -2.51. The number of hydrogen-bond donors (Lipinski definition) is 4. The molecule has 1 heterocycles. The van der Waals surface area contributed by atoms with Crippen molar-refractivity contribution in [2.45, 2.75) is 69.4 Å². The lowest BCUT2D eigenvalue weighted by Gasteiger charge is -2.34. The molecular formula is C31H43N5O8S. The van der Waals surface area contributed by atoms with Crippen LogP contribution in [0.25, 0.3) is 10.8 Å². The van der Waals surface area contributed by atoms with E-state index < -0.39 is 58.4 Å². The number of fused-ring (bicyclic) bond motifs is 1. The Morgan fingerprint density at radius 1 is 0.956 bits per heavy atom. The number of ether oxygens (including phenoxy) is 1. The van der Waals surface area contributed by atoms with Gasteiger partial charge in [0.25, 0.3) is 5.91 Å². The average molecular weight is 646 g/mol. The van der Waals surface area contributed by atoms with E-state index in [-0.39, 0.29) is 17.4 Å². The third-order valence-electron chi connectivity index (χ3n) is 7.42. The number of hydroxylamine groups is 1. The summed E-state index contributed by atoms with van der Waals surface area (Å²) in [5, 5.41) is 6.69. The van der Waals surface area contributed by atoms with Gasteiger partial charge < -0.3 is 20.3 Å². The summed E-state index contributed by atoms with van der Waals surface area (Å²) < 4.78 is 34.5. The Morgan fingerprint density at radius 2 is 1.69 bits per heavy atom. The van der Waals surface area contributed by atoms with E-state index >= 15 is 0 Å². The number of amides is 4. The molecule has 2 aliphatic rings. The lowest BCUT2D eigenvalue weighted by atomic mass is 9.98. The molecule has 1 aliphatic heterocycles. The van der Waals surface area contributed by atoms with Crippen molar-refractivity contribution in [1.29, 1.82) is 0 Å². The van der Waals surface area contributed by atoms with Crippen LogP contribution in [0.5, 0.6) is 0 Å². The monoisotopic (exact) mass is 645 g/mol. The maximum Gasteiger partial charge on any atom is 0.410 e. The molecule has 0 aromatic heterocycles. The summed E-state index contributed by atoms with van der Waals surface area (Å²) in [6.07, 6.45) is 2.66. The van der Waals surface area contributed by atoms with Crippen LogP contribution in [-0.2, 0) is 34.0 Å². The summed E-state index contributed by atoms with van der Waals surface area (Å²) in [5.74, 6) is -1.66.